The number of hydrogen-bond donors (Lipinski definition) is 1. The summed E-state index contributed by atoms with van der Waals surface area (Å²) < 4.78 is 22.0. The van der Waals surface area contributed by atoms with Crippen molar-refractivity contribution in [2.45, 2.75) is 18.6 Å². The quantitative estimate of drug-likeness (QED) is 0.318. The van der Waals surface area contributed by atoms with Crippen molar-refractivity contribution in [3.63, 3.8) is 0 Å². The summed E-state index contributed by atoms with van der Waals surface area (Å²) in [5.74, 6) is 0.0791. The van der Waals surface area contributed by atoms with Crippen LogP contribution in [-0.2, 0) is 20.8 Å². The van der Waals surface area contributed by atoms with Gasteiger partial charge < -0.3 is 28.8 Å². The fraction of sp³-hybridized carbons (Fsp3) is 0.292. The number of esters is 2. The number of nitrogens with one attached hydrogen (secondary N) is 1. The maximum Gasteiger partial charge on any atom is 0.339 e. The molecular weight excluding hydrogens is 488 g/mol. The third kappa shape index (κ3) is 5.77. The Hall–Kier alpha value is -4.06. The Morgan fingerprint density at radius 3 is 2.28 bits per heavy atom. The molecule has 0 fully saturated rings. The van der Waals surface area contributed by atoms with Crippen LogP contribution in [0.2, 0.25) is 0 Å². The molecule has 3 aromatic rings. The van der Waals surface area contributed by atoms with Crippen LogP contribution in [0.15, 0.2) is 41.6 Å². The number of hydrogen-bond acceptors (Lipinski definition) is 10. The molecule has 1 aromatic heterocycles. The van der Waals surface area contributed by atoms with Crippen LogP contribution >= 0.6 is 11.8 Å². The molecule has 0 unspecified atom stereocenters. The maximum atomic E-state index is 12.7. The van der Waals surface area contributed by atoms with Crippen molar-refractivity contribution in [1.82, 2.24) is 14.8 Å². The van der Waals surface area contributed by atoms with Gasteiger partial charge in [0.05, 0.1) is 51.0 Å². The topological polar surface area (TPSA) is 131 Å². The molecule has 0 atom stereocenters. The summed E-state index contributed by atoms with van der Waals surface area (Å²) in [7, 11) is 5.58. The Bertz CT molecular complexity index is 1280. The highest BCUT2D eigenvalue weighted by Crippen LogP contribution is 2.33. The lowest BCUT2D eigenvalue weighted by molar-refractivity contribution is -0.113. The number of aromatic nitrogens is 3. The van der Waals surface area contributed by atoms with Crippen molar-refractivity contribution >= 4 is 35.3 Å². The Morgan fingerprint density at radius 2 is 1.64 bits per heavy atom. The molecule has 36 heavy (non-hydrogen) atoms. The van der Waals surface area contributed by atoms with E-state index in [1.165, 1.54) is 44.2 Å². The first-order valence-electron chi connectivity index (χ1n) is 10.8. The van der Waals surface area contributed by atoms with Crippen molar-refractivity contribution in [3.05, 3.63) is 47.5 Å². The van der Waals surface area contributed by atoms with E-state index in [0.717, 1.165) is 5.56 Å². The third-order valence-electron chi connectivity index (χ3n) is 5.13. The van der Waals surface area contributed by atoms with Gasteiger partial charge in [-0.15, -0.1) is 10.2 Å². The smallest absolute Gasteiger partial charge is 0.339 e. The van der Waals surface area contributed by atoms with E-state index in [-0.39, 0.29) is 22.6 Å². The molecule has 0 aliphatic rings. The van der Waals surface area contributed by atoms with Gasteiger partial charge in [0.1, 0.15) is 0 Å². The minimum Gasteiger partial charge on any atom is -0.493 e. The molecule has 1 heterocycles. The second kappa shape index (κ2) is 12.1. The van der Waals surface area contributed by atoms with Gasteiger partial charge in [0.15, 0.2) is 22.5 Å². The number of benzene rings is 2. The summed E-state index contributed by atoms with van der Waals surface area (Å²) in [6, 6.07) is 9.61. The molecule has 0 saturated carbocycles. The monoisotopic (exact) mass is 514 g/mol. The lowest BCUT2D eigenvalue weighted by Crippen LogP contribution is -2.18. The predicted octanol–water partition coefficient (Wildman–Crippen LogP) is 3.29. The molecule has 0 radical (unpaired) electrons. The summed E-state index contributed by atoms with van der Waals surface area (Å²) in [5, 5.41) is 11.7. The summed E-state index contributed by atoms with van der Waals surface area (Å²) in [6.07, 6.45) is 0. The van der Waals surface area contributed by atoms with E-state index in [1.54, 1.807) is 26.4 Å². The molecular formula is C24H26N4O7S. The molecule has 12 heteroatoms. The van der Waals surface area contributed by atoms with Crippen molar-refractivity contribution in [2.24, 2.45) is 0 Å². The number of rotatable bonds is 10. The number of thioether (sulfide) groups is 1. The van der Waals surface area contributed by atoms with Crippen LogP contribution in [0, 0.1) is 0 Å². The number of nitrogens with zero attached hydrogens (tertiary/aromatic N) is 3. The van der Waals surface area contributed by atoms with E-state index in [9.17, 15) is 14.4 Å². The van der Waals surface area contributed by atoms with Gasteiger partial charge in [-0.2, -0.15) is 0 Å². The molecule has 190 valence electrons. The van der Waals surface area contributed by atoms with Gasteiger partial charge in [-0.05, 0) is 43.3 Å². The first kappa shape index (κ1) is 26.5. The van der Waals surface area contributed by atoms with E-state index in [0.29, 0.717) is 29.0 Å². The summed E-state index contributed by atoms with van der Waals surface area (Å²) in [4.78, 5) is 36.8. The summed E-state index contributed by atoms with van der Waals surface area (Å²) >= 11 is 1.18. The third-order valence-corrected chi connectivity index (χ3v) is 6.09. The highest BCUT2D eigenvalue weighted by atomic mass is 32.2. The molecule has 0 bridgehead atoms. The van der Waals surface area contributed by atoms with Crippen molar-refractivity contribution < 1.29 is 33.3 Å². The average molecular weight is 515 g/mol. The fourth-order valence-electron chi connectivity index (χ4n) is 3.37. The number of methoxy groups -OCH3 is 4. The van der Waals surface area contributed by atoms with Gasteiger partial charge in [-0.1, -0.05) is 11.8 Å². The normalized spacial score (nSPS) is 10.5. The van der Waals surface area contributed by atoms with E-state index >= 15 is 0 Å². The molecule has 0 aliphatic heterocycles. The van der Waals surface area contributed by atoms with E-state index < -0.39 is 17.8 Å². The standard InChI is InChI=1S/C24H26N4O7S/c1-6-28-21(14-8-10-18(32-2)19(12-14)33-3)26-27-24(28)36-13-20(29)25-17-11-15(22(30)34-4)7-9-16(17)23(31)35-5/h7-12H,6,13H2,1-5H3,(H,25,29). The lowest BCUT2D eigenvalue weighted by Gasteiger charge is -2.12. The zero-order valence-corrected chi connectivity index (χ0v) is 21.3. The first-order chi connectivity index (χ1) is 17.4. The zero-order valence-electron chi connectivity index (χ0n) is 20.5. The number of amides is 1. The molecule has 11 nitrogen and oxygen atoms in total. The van der Waals surface area contributed by atoms with E-state index in [4.69, 9.17) is 18.9 Å². The van der Waals surface area contributed by atoms with Crippen molar-refractivity contribution in [2.75, 3.05) is 39.5 Å². The minimum atomic E-state index is -0.653. The van der Waals surface area contributed by atoms with Crippen LogP contribution in [0.25, 0.3) is 11.4 Å². The van der Waals surface area contributed by atoms with Gasteiger partial charge in [0.2, 0.25) is 5.91 Å². The zero-order chi connectivity index (χ0) is 26.2. The molecule has 2 aromatic carbocycles. The lowest BCUT2D eigenvalue weighted by atomic mass is 10.1. The Balaban J connectivity index is 1.79. The van der Waals surface area contributed by atoms with Gasteiger partial charge in [-0.3, -0.25) is 4.79 Å². The highest BCUT2D eigenvalue weighted by molar-refractivity contribution is 7.99. The average Bonchev–Trinajstić information content (AvgIpc) is 3.33. The SMILES string of the molecule is CCn1c(SCC(=O)Nc2cc(C(=O)OC)ccc2C(=O)OC)nnc1-c1ccc(OC)c(OC)c1. The van der Waals surface area contributed by atoms with Crippen LogP contribution in [0.4, 0.5) is 5.69 Å². The predicted molar refractivity (Wildman–Crippen MR) is 133 cm³/mol. The molecule has 1 N–H and O–H groups in total. The van der Waals surface area contributed by atoms with Crippen LogP contribution in [0.1, 0.15) is 27.6 Å². The summed E-state index contributed by atoms with van der Waals surface area (Å²) in [5.41, 5.74) is 1.20. The van der Waals surface area contributed by atoms with Crippen LogP contribution in [0.5, 0.6) is 11.5 Å². The Kier molecular flexibility index (Phi) is 8.90. The number of carbonyl (C=O) groups is 3. The van der Waals surface area contributed by atoms with Gasteiger partial charge in [-0.25, -0.2) is 9.59 Å². The van der Waals surface area contributed by atoms with Crippen LogP contribution in [-0.4, -0.2) is 66.8 Å². The largest absolute Gasteiger partial charge is 0.493 e. The molecule has 1 amide bonds. The molecule has 0 spiro atoms. The second-order valence-electron chi connectivity index (χ2n) is 7.20. The number of carbonyl (C=O) groups excluding carboxylic acids is 3. The van der Waals surface area contributed by atoms with Crippen molar-refractivity contribution in [3.8, 4) is 22.9 Å². The molecule has 3 rings (SSSR count). The Morgan fingerprint density at radius 1 is 0.917 bits per heavy atom. The van der Waals surface area contributed by atoms with Gasteiger partial charge in [0, 0.05) is 12.1 Å². The fourth-order valence-corrected chi connectivity index (χ4v) is 4.17. The molecule has 0 saturated heterocycles. The minimum absolute atomic E-state index is 0.0207. The highest BCUT2D eigenvalue weighted by Gasteiger charge is 2.19. The second-order valence-corrected chi connectivity index (χ2v) is 8.14. The van der Waals surface area contributed by atoms with E-state index in [1.807, 2.05) is 17.6 Å². The van der Waals surface area contributed by atoms with Gasteiger partial charge >= 0.3 is 11.9 Å². The van der Waals surface area contributed by atoms with Gasteiger partial charge in [0.25, 0.3) is 0 Å². The molecule has 0 aliphatic carbocycles. The number of ether oxygens (including phenoxy) is 4. The Labute approximate surface area is 212 Å². The first-order valence-corrected chi connectivity index (χ1v) is 11.7. The van der Waals surface area contributed by atoms with E-state index in [2.05, 4.69) is 15.5 Å². The van der Waals surface area contributed by atoms with Crippen LogP contribution < -0.4 is 14.8 Å². The summed E-state index contributed by atoms with van der Waals surface area (Å²) in [6.45, 7) is 2.51. The maximum absolute atomic E-state index is 12.7. The number of anilines is 1. The van der Waals surface area contributed by atoms with Crippen molar-refractivity contribution in [1.29, 1.82) is 0 Å². The van der Waals surface area contributed by atoms with Crippen LogP contribution in [0.3, 0.4) is 0 Å².